The molecule has 11 nitrogen and oxygen atoms in total. The number of carboxylic acids is 1. The number of nitrogen functional groups attached to an aromatic ring is 1. The van der Waals surface area contributed by atoms with Crippen molar-refractivity contribution < 1.29 is 44.7 Å². The number of carbonyl (C=O) groups excluding carboxylic acids is 1. The van der Waals surface area contributed by atoms with Gasteiger partial charge in [0.25, 0.3) is 0 Å². The Balaban J connectivity index is 0.000000782. The number of alkyl halides is 3. The van der Waals surface area contributed by atoms with Crippen LogP contribution in [0.1, 0.15) is 11.1 Å². The molecule has 0 aliphatic carbocycles. The third-order valence-electron chi connectivity index (χ3n) is 5.34. The first-order chi connectivity index (χ1) is 19.3. The number of amides is 1. The van der Waals surface area contributed by atoms with Crippen LogP contribution in [-0.2, 0) is 35.9 Å². The largest absolute Gasteiger partial charge is 0.490 e. The maximum absolute atomic E-state index is 13.0. The molecule has 6 N–H and O–H groups in total. The third kappa shape index (κ3) is 10.6. The number of nitrogens with two attached hydrogens (primary N) is 1. The van der Waals surface area contributed by atoms with Gasteiger partial charge in [0.1, 0.15) is 11.9 Å². The number of anilines is 1. The molecule has 16 heteroatoms. The summed E-state index contributed by atoms with van der Waals surface area (Å²) < 4.78 is 82.1. The van der Waals surface area contributed by atoms with E-state index in [1.165, 1.54) is 6.07 Å². The Morgan fingerprint density at radius 1 is 0.952 bits per heavy atom. The molecule has 0 spiro atoms. The number of hydrogen-bond donors (Lipinski definition) is 5. The molecule has 0 fully saturated rings. The van der Waals surface area contributed by atoms with E-state index in [-0.39, 0.29) is 17.2 Å². The molecule has 3 rings (SSSR count). The Kier molecular flexibility index (Phi) is 11.0. The molecule has 0 heterocycles. The summed E-state index contributed by atoms with van der Waals surface area (Å²) in [6.45, 7) is 0. The summed E-state index contributed by atoms with van der Waals surface area (Å²) in [6.07, 6.45) is -2.94. The van der Waals surface area contributed by atoms with Gasteiger partial charge in [-0.25, -0.2) is 26.4 Å². The van der Waals surface area contributed by atoms with E-state index in [4.69, 9.17) is 21.0 Å². The van der Waals surface area contributed by atoms with Gasteiger partial charge in [-0.1, -0.05) is 48.5 Å². The Morgan fingerprint density at radius 2 is 1.52 bits per heavy atom. The van der Waals surface area contributed by atoms with Gasteiger partial charge >= 0.3 is 12.1 Å². The molecule has 3 aromatic carbocycles. The van der Waals surface area contributed by atoms with Gasteiger partial charge in [-0.3, -0.25) is 10.2 Å². The highest BCUT2D eigenvalue weighted by Crippen LogP contribution is 2.28. The summed E-state index contributed by atoms with van der Waals surface area (Å²) in [7, 11) is -7.14. The van der Waals surface area contributed by atoms with Crippen molar-refractivity contribution in [2.45, 2.75) is 23.5 Å². The quantitative estimate of drug-likeness (QED) is 0.176. The van der Waals surface area contributed by atoms with Crippen molar-refractivity contribution in [3.05, 3.63) is 83.9 Å². The average molecular weight is 629 g/mol. The van der Waals surface area contributed by atoms with Crippen LogP contribution in [0.2, 0.25) is 0 Å². The zero-order valence-electron chi connectivity index (χ0n) is 22.1. The van der Waals surface area contributed by atoms with Gasteiger partial charge in [0.05, 0.1) is 11.2 Å². The van der Waals surface area contributed by atoms with Crippen LogP contribution in [0.25, 0.3) is 11.1 Å². The molecule has 226 valence electrons. The first kappa shape index (κ1) is 33.9. The van der Waals surface area contributed by atoms with Crippen LogP contribution in [0.15, 0.2) is 77.7 Å². The van der Waals surface area contributed by atoms with E-state index in [9.17, 15) is 34.8 Å². The standard InChI is InChI=1S/C24H26N4O5S2.C2HF3O2/c1-34(30,31)22-9-4-3-8-20(22)17-10-12-19(13-11-17)27-24(29)21(28-35(2,32)33)15-16-6-5-7-18(14-16)23(25)26;3-2(4,5)1(6)7/h3-14,21,28H,15H2,1-2H3,(H3,25,26)(H,27,29);(H,6,7)/t21-;/m0./s1. The van der Waals surface area contributed by atoms with Crippen molar-refractivity contribution in [3.63, 3.8) is 0 Å². The van der Waals surface area contributed by atoms with Crippen LogP contribution in [0.3, 0.4) is 0 Å². The number of halogens is 3. The highest BCUT2D eigenvalue weighted by molar-refractivity contribution is 7.90. The van der Waals surface area contributed by atoms with Crippen molar-refractivity contribution >= 4 is 43.3 Å². The fourth-order valence-corrected chi connectivity index (χ4v) is 5.16. The minimum Gasteiger partial charge on any atom is -0.475 e. The van der Waals surface area contributed by atoms with Crippen molar-refractivity contribution in [1.82, 2.24) is 4.72 Å². The lowest BCUT2D eigenvalue weighted by atomic mass is 10.0. The van der Waals surface area contributed by atoms with Crippen molar-refractivity contribution in [1.29, 1.82) is 5.41 Å². The zero-order chi connectivity index (χ0) is 31.9. The Hall–Kier alpha value is -4.28. The normalized spacial score (nSPS) is 12.4. The van der Waals surface area contributed by atoms with E-state index >= 15 is 0 Å². The number of carboxylic acid groups (broad SMARTS) is 1. The predicted octanol–water partition coefficient (Wildman–Crippen LogP) is 2.77. The number of carbonyl (C=O) groups is 2. The summed E-state index contributed by atoms with van der Waals surface area (Å²) >= 11 is 0. The Labute approximate surface area is 240 Å². The van der Waals surface area contributed by atoms with Gasteiger partial charge in [0, 0.05) is 23.1 Å². The SMILES string of the molecule is CS(=O)(=O)N[C@@H](Cc1cccc(C(=N)N)c1)C(=O)Nc1ccc(-c2ccccc2S(C)(=O)=O)cc1.O=C(O)C(F)(F)F. The van der Waals surface area contributed by atoms with E-state index in [1.54, 1.807) is 66.7 Å². The number of nitrogens with one attached hydrogen (secondary N) is 3. The molecule has 0 aliphatic heterocycles. The first-order valence-electron chi connectivity index (χ1n) is 11.7. The third-order valence-corrected chi connectivity index (χ3v) is 7.21. The van der Waals surface area contributed by atoms with Crippen LogP contribution in [0, 0.1) is 5.41 Å². The van der Waals surface area contributed by atoms with E-state index in [0.717, 1.165) is 12.5 Å². The second-order valence-corrected chi connectivity index (χ2v) is 12.7. The van der Waals surface area contributed by atoms with Gasteiger partial charge < -0.3 is 16.2 Å². The summed E-state index contributed by atoms with van der Waals surface area (Å²) in [5, 5.41) is 17.4. The van der Waals surface area contributed by atoms with Gasteiger partial charge in [-0.2, -0.15) is 13.2 Å². The smallest absolute Gasteiger partial charge is 0.475 e. The lowest BCUT2D eigenvalue weighted by Gasteiger charge is -2.18. The molecule has 1 amide bonds. The minimum absolute atomic E-state index is 0.0415. The highest BCUT2D eigenvalue weighted by atomic mass is 32.2. The van der Waals surface area contributed by atoms with Gasteiger partial charge in [-0.05, 0) is 41.8 Å². The lowest BCUT2D eigenvalue weighted by Crippen LogP contribution is -2.44. The number of sulfone groups is 1. The fourth-order valence-electron chi connectivity index (χ4n) is 3.54. The number of rotatable bonds is 9. The molecule has 42 heavy (non-hydrogen) atoms. The molecular weight excluding hydrogens is 601 g/mol. The highest BCUT2D eigenvalue weighted by Gasteiger charge is 2.38. The number of benzene rings is 3. The molecule has 0 saturated heterocycles. The summed E-state index contributed by atoms with van der Waals surface area (Å²) in [5.41, 5.74) is 8.21. The maximum atomic E-state index is 13.0. The van der Waals surface area contributed by atoms with E-state index in [2.05, 4.69) is 10.0 Å². The molecule has 0 unspecified atom stereocenters. The molecule has 0 radical (unpaired) electrons. The number of sulfonamides is 1. The second kappa shape index (κ2) is 13.6. The van der Waals surface area contributed by atoms with E-state index in [1.807, 2.05) is 0 Å². The maximum Gasteiger partial charge on any atom is 0.490 e. The van der Waals surface area contributed by atoms with Gasteiger partial charge in [0.2, 0.25) is 15.9 Å². The lowest BCUT2D eigenvalue weighted by molar-refractivity contribution is -0.192. The van der Waals surface area contributed by atoms with Crippen LogP contribution < -0.4 is 15.8 Å². The Morgan fingerprint density at radius 3 is 2.02 bits per heavy atom. The topological polar surface area (TPSA) is 197 Å². The average Bonchev–Trinajstić information content (AvgIpc) is 2.87. The first-order valence-corrected chi connectivity index (χ1v) is 15.5. The molecule has 0 saturated carbocycles. The molecule has 0 bridgehead atoms. The van der Waals surface area contributed by atoms with Crippen molar-refractivity contribution in [2.75, 3.05) is 17.8 Å². The second-order valence-electron chi connectivity index (χ2n) is 8.90. The molecule has 0 aromatic heterocycles. The van der Waals surface area contributed by atoms with Gasteiger partial charge in [-0.15, -0.1) is 0 Å². The van der Waals surface area contributed by atoms with Crippen LogP contribution in [0.4, 0.5) is 18.9 Å². The summed E-state index contributed by atoms with van der Waals surface area (Å²) in [4.78, 5) is 22.1. The van der Waals surface area contributed by atoms with E-state index < -0.39 is 44.0 Å². The summed E-state index contributed by atoms with van der Waals surface area (Å²) in [6, 6.07) is 18.7. The summed E-state index contributed by atoms with van der Waals surface area (Å²) in [5.74, 6) is -3.47. The van der Waals surface area contributed by atoms with Crippen molar-refractivity contribution in [3.8, 4) is 11.1 Å². The fraction of sp³-hybridized carbons (Fsp3) is 0.192. The van der Waals surface area contributed by atoms with Crippen LogP contribution >= 0.6 is 0 Å². The zero-order valence-corrected chi connectivity index (χ0v) is 23.8. The predicted molar refractivity (Wildman–Crippen MR) is 150 cm³/mol. The van der Waals surface area contributed by atoms with Gasteiger partial charge in [0.15, 0.2) is 9.84 Å². The molecular formula is C26H27F3N4O7S2. The number of hydrogen-bond acceptors (Lipinski definition) is 7. The monoisotopic (exact) mass is 628 g/mol. The molecule has 1 atom stereocenters. The number of aliphatic carboxylic acids is 1. The van der Waals surface area contributed by atoms with Crippen molar-refractivity contribution in [2.24, 2.45) is 5.73 Å². The molecule has 0 aliphatic rings. The number of amidine groups is 1. The molecule has 3 aromatic rings. The van der Waals surface area contributed by atoms with E-state index in [0.29, 0.717) is 27.9 Å². The minimum atomic E-state index is -5.08. The van der Waals surface area contributed by atoms with Crippen LogP contribution in [-0.4, -0.2) is 64.4 Å². The Bertz CT molecular complexity index is 1680. The van der Waals surface area contributed by atoms with Crippen LogP contribution in [0.5, 0.6) is 0 Å².